The fourth-order valence-corrected chi connectivity index (χ4v) is 4.14. The molecule has 4 aromatic rings. The molecule has 3 aromatic carbocycles. The Balaban J connectivity index is 1.75. The van der Waals surface area contributed by atoms with E-state index in [0.717, 1.165) is 22.9 Å². The van der Waals surface area contributed by atoms with Gasteiger partial charge in [0.2, 0.25) is 5.75 Å². The second-order valence-corrected chi connectivity index (χ2v) is 9.17. The second kappa shape index (κ2) is 11.8. The van der Waals surface area contributed by atoms with Crippen LogP contribution in [0.25, 0.3) is 10.9 Å². The van der Waals surface area contributed by atoms with Crippen LogP contribution in [-0.4, -0.2) is 27.9 Å². The van der Waals surface area contributed by atoms with Gasteiger partial charge in [0.05, 0.1) is 29.2 Å². The molecular formula is C27H25BrN4O5. The van der Waals surface area contributed by atoms with Gasteiger partial charge in [-0.1, -0.05) is 59.6 Å². The van der Waals surface area contributed by atoms with Crippen LogP contribution in [0.4, 0.5) is 5.69 Å². The van der Waals surface area contributed by atoms with Crippen molar-refractivity contribution in [2.75, 3.05) is 7.11 Å². The summed E-state index contributed by atoms with van der Waals surface area (Å²) < 4.78 is 13.2. The first-order valence-corrected chi connectivity index (χ1v) is 12.5. The van der Waals surface area contributed by atoms with Crippen molar-refractivity contribution in [1.82, 2.24) is 9.66 Å². The number of unbranched alkanes of at least 4 members (excludes halogenated alkanes) is 1. The molecule has 0 saturated heterocycles. The lowest BCUT2D eigenvalue weighted by Gasteiger charge is -2.12. The molecule has 1 heterocycles. The van der Waals surface area contributed by atoms with Crippen molar-refractivity contribution in [3.05, 3.63) is 103 Å². The topological polar surface area (TPSA) is 109 Å². The molecule has 190 valence electrons. The molecule has 0 fully saturated rings. The molecule has 0 aliphatic rings. The third-order valence-corrected chi connectivity index (χ3v) is 6.15. The molecule has 0 unspecified atom stereocenters. The van der Waals surface area contributed by atoms with Crippen molar-refractivity contribution in [3.8, 4) is 11.5 Å². The van der Waals surface area contributed by atoms with E-state index < -0.39 is 4.92 Å². The molecule has 37 heavy (non-hydrogen) atoms. The predicted molar refractivity (Wildman–Crippen MR) is 146 cm³/mol. The van der Waals surface area contributed by atoms with Crippen molar-refractivity contribution in [3.63, 3.8) is 0 Å². The highest BCUT2D eigenvalue weighted by molar-refractivity contribution is 9.10. The van der Waals surface area contributed by atoms with E-state index >= 15 is 0 Å². The van der Waals surface area contributed by atoms with Crippen LogP contribution in [0.5, 0.6) is 11.5 Å². The van der Waals surface area contributed by atoms with Gasteiger partial charge in [0.25, 0.3) is 5.56 Å². The fraction of sp³-hybridized carbons (Fsp3) is 0.222. The Kier molecular flexibility index (Phi) is 8.29. The molecule has 0 aliphatic carbocycles. The minimum Gasteiger partial charge on any atom is -0.493 e. The Hall–Kier alpha value is -4.05. The highest BCUT2D eigenvalue weighted by Gasteiger charge is 2.22. The van der Waals surface area contributed by atoms with Crippen LogP contribution >= 0.6 is 15.9 Å². The van der Waals surface area contributed by atoms with Gasteiger partial charge in [-0.15, -0.1) is 0 Å². The summed E-state index contributed by atoms with van der Waals surface area (Å²) in [5.41, 5.74) is 1.23. The van der Waals surface area contributed by atoms with E-state index in [-0.39, 0.29) is 29.4 Å². The summed E-state index contributed by atoms with van der Waals surface area (Å²) in [5, 5.41) is 16.7. The monoisotopic (exact) mass is 564 g/mol. The standard InChI is InChI=1S/C27H25BrN4O5/c1-3-4-10-25-30-22-12-11-20(28)15-21(22)27(33)31(25)29-16-19-13-23(32(34)35)26(24(14-19)36-2)37-17-18-8-6-5-7-9-18/h5-9,11-16H,3-4,10,17H2,1-2H3. The Bertz CT molecular complexity index is 1520. The second-order valence-electron chi connectivity index (χ2n) is 8.26. The first kappa shape index (κ1) is 26.0. The molecule has 0 saturated carbocycles. The van der Waals surface area contributed by atoms with Gasteiger partial charge >= 0.3 is 5.69 Å². The van der Waals surface area contributed by atoms with Gasteiger partial charge in [0.15, 0.2) is 5.75 Å². The molecule has 0 amide bonds. The number of nitrogens with zero attached hydrogens (tertiary/aromatic N) is 4. The van der Waals surface area contributed by atoms with Gasteiger partial charge in [-0.2, -0.15) is 9.78 Å². The minimum atomic E-state index is -0.534. The molecular weight excluding hydrogens is 540 g/mol. The summed E-state index contributed by atoms with van der Waals surface area (Å²) in [6.07, 6.45) is 3.70. The van der Waals surface area contributed by atoms with Crippen molar-refractivity contribution < 1.29 is 14.4 Å². The van der Waals surface area contributed by atoms with E-state index in [2.05, 4.69) is 32.9 Å². The van der Waals surface area contributed by atoms with Crippen LogP contribution in [0.15, 0.2) is 75.0 Å². The van der Waals surface area contributed by atoms with E-state index in [4.69, 9.17) is 9.47 Å². The number of methoxy groups -OCH3 is 1. The average molecular weight is 565 g/mol. The van der Waals surface area contributed by atoms with Gasteiger partial charge < -0.3 is 9.47 Å². The fourth-order valence-electron chi connectivity index (χ4n) is 3.78. The minimum absolute atomic E-state index is 0.0199. The van der Waals surface area contributed by atoms with Crippen molar-refractivity contribution in [2.24, 2.45) is 5.10 Å². The molecule has 9 nitrogen and oxygen atoms in total. The van der Waals surface area contributed by atoms with E-state index in [1.165, 1.54) is 24.1 Å². The van der Waals surface area contributed by atoms with Crippen molar-refractivity contribution in [2.45, 2.75) is 32.8 Å². The molecule has 4 rings (SSSR count). The smallest absolute Gasteiger partial charge is 0.315 e. The van der Waals surface area contributed by atoms with Crippen LogP contribution in [0.3, 0.4) is 0 Å². The first-order valence-electron chi connectivity index (χ1n) is 11.7. The van der Waals surface area contributed by atoms with E-state index in [9.17, 15) is 14.9 Å². The summed E-state index contributed by atoms with van der Waals surface area (Å²) in [7, 11) is 1.41. The number of nitro benzene ring substituents is 1. The van der Waals surface area contributed by atoms with Crippen molar-refractivity contribution >= 4 is 38.7 Å². The maximum Gasteiger partial charge on any atom is 0.315 e. The summed E-state index contributed by atoms with van der Waals surface area (Å²) in [6.45, 7) is 2.19. The summed E-state index contributed by atoms with van der Waals surface area (Å²) >= 11 is 3.40. The first-order chi connectivity index (χ1) is 17.9. The highest BCUT2D eigenvalue weighted by Crippen LogP contribution is 2.38. The normalized spacial score (nSPS) is 11.2. The zero-order valence-electron chi connectivity index (χ0n) is 20.4. The van der Waals surface area contributed by atoms with Crippen LogP contribution in [0.2, 0.25) is 0 Å². The third kappa shape index (κ3) is 6.03. The number of fused-ring (bicyclic) bond motifs is 1. The lowest BCUT2D eigenvalue weighted by atomic mass is 10.1. The van der Waals surface area contributed by atoms with E-state index in [0.29, 0.717) is 28.7 Å². The third-order valence-electron chi connectivity index (χ3n) is 5.65. The zero-order valence-corrected chi connectivity index (χ0v) is 22.0. The van der Waals surface area contributed by atoms with Crippen LogP contribution in [-0.2, 0) is 13.0 Å². The lowest BCUT2D eigenvalue weighted by molar-refractivity contribution is -0.386. The number of halogens is 1. The molecule has 0 N–H and O–H groups in total. The number of aryl methyl sites for hydroxylation is 1. The number of rotatable bonds is 10. The van der Waals surface area contributed by atoms with Crippen LogP contribution in [0, 0.1) is 10.1 Å². The number of ether oxygens (including phenoxy) is 2. The quantitative estimate of drug-likeness (QED) is 0.135. The van der Waals surface area contributed by atoms with E-state index in [1.54, 1.807) is 18.2 Å². The van der Waals surface area contributed by atoms with Crippen molar-refractivity contribution in [1.29, 1.82) is 0 Å². The molecule has 0 radical (unpaired) electrons. The Labute approximate surface area is 221 Å². The van der Waals surface area contributed by atoms with E-state index in [1.807, 2.05) is 36.4 Å². The molecule has 0 spiro atoms. The molecule has 10 heteroatoms. The lowest BCUT2D eigenvalue weighted by Crippen LogP contribution is -2.22. The maximum atomic E-state index is 13.3. The van der Waals surface area contributed by atoms with Gasteiger partial charge in [-0.05, 0) is 36.2 Å². The Morgan fingerprint density at radius 3 is 2.65 bits per heavy atom. The maximum absolute atomic E-state index is 13.3. The number of nitro groups is 1. The highest BCUT2D eigenvalue weighted by atomic mass is 79.9. The summed E-state index contributed by atoms with van der Waals surface area (Å²) in [6, 6.07) is 17.6. The molecule has 0 bridgehead atoms. The number of hydrogen-bond acceptors (Lipinski definition) is 7. The Morgan fingerprint density at radius 1 is 1.16 bits per heavy atom. The Morgan fingerprint density at radius 2 is 1.95 bits per heavy atom. The number of aromatic nitrogens is 2. The number of benzene rings is 3. The van der Waals surface area contributed by atoms with Crippen LogP contribution < -0.4 is 15.0 Å². The SMILES string of the molecule is CCCCc1nc2ccc(Br)cc2c(=O)n1N=Cc1cc(OC)c(OCc2ccccc2)c([N+](=O)[O-])c1. The summed E-state index contributed by atoms with van der Waals surface area (Å²) in [5.74, 6) is 0.722. The molecule has 0 aliphatic heterocycles. The molecule has 1 aromatic heterocycles. The number of hydrogen-bond donors (Lipinski definition) is 0. The van der Waals surface area contributed by atoms with Gasteiger partial charge in [-0.25, -0.2) is 4.98 Å². The largest absolute Gasteiger partial charge is 0.493 e. The van der Waals surface area contributed by atoms with Gasteiger partial charge in [-0.3, -0.25) is 14.9 Å². The van der Waals surface area contributed by atoms with Gasteiger partial charge in [0.1, 0.15) is 12.4 Å². The molecule has 0 atom stereocenters. The predicted octanol–water partition coefficient (Wildman–Crippen LogP) is 5.88. The van der Waals surface area contributed by atoms with Gasteiger partial charge in [0, 0.05) is 22.5 Å². The van der Waals surface area contributed by atoms with Crippen LogP contribution in [0.1, 0.15) is 36.7 Å². The average Bonchev–Trinajstić information content (AvgIpc) is 2.91. The summed E-state index contributed by atoms with van der Waals surface area (Å²) in [4.78, 5) is 29.3. The zero-order chi connectivity index (χ0) is 26.4.